The van der Waals surface area contributed by atoms with E-state index in [9.17, 15) is 4.79 Å². The number of aromatic nitrogens is 3. The Labute approximate surface area is 291 Å². The Balaban J connectivity index is 1.41. The fourth-order valence-corrected chi connectivity index (χ4v) is 9.01. The topological polar surface area (TPSA) is 144 Å². The van der Waals surface area contributed by atoms with E-state index in [1.165, 1.54) is 0 Å². The van der Waals surface area contributed by atoms with Crippen LogP contribution < -0.4 is 21.1 Å². The second-order valence-corrected chi connectivity index (χ2v) is 14.7. The SMILES string of the molecule is CC(C)[C@@H]1NC(=O)[C@@H](N)Cc2cc(Br)c3c(c2)[C@]24c5cccc(c5N[C@@H]2O3)-c2cccc3[nH]c(Cl)c(c23)-c2oc(nc2Cl)-c2nc1oc24. The molecule has 7 heterocycles. The van der Waals surface area contributed by atoms with Crippen molar-refractivity contribution in [2.45, 2.75) is 44.0 Å². The normalized spacial score (nSPS) is 22.9. The Hall–Kier alpha value is -4.29. The quantitative estimate of drug-likeness (QED) is 0.134. The van der Waals surface area contributed by atoms with Crippen LogP contribution in [0.25, 0.3) is 44.9 Å². The number of para-hydroxylation sites is 1. The summed E-state index contributed by atoms with van der Waals surface area (Å²) in [7, 11) is 0. The van der Waals surface area contributed by atoms with Crippen molar-refractivity contribution in [3.05, 3.63) is 91.7 Å². The van der Waals surface area contributed by atoms with Crippen molar-refractivity contribution in [3.63, 3.8) is 0 Å². The second kappa shape index (κ2) is 9.66. The molecule has 0 fully saturated rings. The molecule has 4 atom stereocenters. The molecular formula is C35H25BrCl2N6O4. The molecule has 0 saturated heterocycles. The molecule has 6 aromatic rings. The lowest BCUT2D eigenvalue weighted by atomic mass is 9.72. The lowest BCUT2D eigenvalue weighted by molar-refractivity contribution is -0.123. The van der Waals surface area contributed by atoms with Crippen LogP contribution in [0.4, 0.5) is 5.69 Å². The summed E-state index contributed by atoms with van der Waals surface area (Å²) >= 11 is 17.6. The number of anilines is 1. The van der Waals surface area contributed by atoms with Gasteiger partial charge in [0.15, 0.2) is 28.6 Å². The van der Waals surface area contributed by atoms with E-state index >= 15 is 0 Å². The number of oxazole rings is 2. The number of hydrogen-bond acceptors (Lipinski definition) is 8. The van der Waals surface area contributed by atoms with Gasteiger partial charge < -0.3 is 34.9 Å². The number of halogens is 3. The number of fused-ring (bicyclic) bond motifs is 7. The number of rotatable bonds is 1. The Morgan fingerprint density at radius 3 is 2.69 bits per heavy atom. The van der Waals surface area contributed by atoms with Gasteiger partial charge in [0.25, 0.3) is 5.89 Å². The van der Waals surface area contributed by atoms with Gasteiger partial charge in [0, 0.05) is 33.3 Å². The van der Waals surface area contributed by atoms with Gasteiger partial charge in [0.1, 0.15) is 22.4 Å². The van der Waals surface area contributed by atoms with Crippen LogP contribution in [-0.2, 0) is 16.6 Å². The van der Waals surface area contributed by atoms with E-state index in [0.717, 1.165) is 48.9 Å². The Kier molecular flexibility index (Phi) is 5.77. The number of carbonyl (C=O) groups is 1. The standard InChI is InChI=1S/C35H25BrCl2N6O4/c1-12(2)23-32-42-25-28(48-32)35-16-7-3-6-15(14-5-4-8-20-21(14)22(29(37)40-20)27-30(38)44-33(25)46-27)24(16)43-34(35)47-26-17(35)9-13(10-18(26)36)11-19(39)31(45)41-23/h3-10,12,19,23,34,40,43H,11,39H2,1-2H3,(H,41,45)/t19-,23-,34+,35-/m0/s1. The molecule has 0 saturated carbocycles. The number of amides is 1. The molecule has 1 amide bonds. The van der Waals surface area contributed by atoms with Crippen LogP contribution >= 0.6 is 39.1 Å². The number of nitrogens with one attached hydrogen (secondary N) is 3. The summed E-state index contributed by atoms with van der Waals surface area (Å²) < 4.78 is 21.1. The zero-order valence-corrected chi connectivity index (χ0v) is 28.5. The van der Waals surface area contributed by atoms with Gasteiger partial charge in [-0.3, -0.25) is 4.79 Å². The molecule has 13 heteroatoms. The number of benzene rings is 3. The van der Waals surface area contributed by atoms with E-state index in [1.807, 2.05) is 38.1 Å². The monoisotopic (exact) mass is 742 g/mol. The molecule has 0 unspecified atom stereocenters. The molecule has 10 bridgehead atoms. The number of carbonyl (C=O) groups excluding carboxylic acids is 1. The molecule has 3 aromatic carbocycles. The minimum Gasteiger partial charge on any atom is -0.467 e. The van der Waals surface area contributed by atoms with Gasteiger partial charge in [-0.1, -0.05) is 73.4 Å². The lowest BCUT2D eigenvalue weighted by Crippen LogP contribution is -2.45. The maximum Gasteiger partial charge on any atom is 0.250 e. The van der Waals surface area contributed by atoms with Gasteiger partial charge in [-0.25, -0.2) is 4.98 Å². The maximum absolute atomic E-state index is 13.5. The predicted octanol–water partition coefficient (Wildman–Crippen LogP) is 7.70. The molecule has 0 aliphatic carbocycles. The van der Waals surface area contributed by atoms with Crippen LogP contribution in [0.15, 0.2) is 61.8 Å². The predicted molar refractivity (Wildman–Crippen MR) is 184 cm³/mol. The van der Waals surface area contributed by atoms with E-state index < -0.39 is 23.7 Å². The van der Waals surface area contributed by atoms with E-state index in [4.69, 9.17) is 52.5 Å². The van der Waals surface area contributed by atoms with Gasteiger partial charge in [-0.15, -0.1) is 0 Å². The molecule has 240 valence electrons. The van der Waals surface area contributed by atoms with Gasteiger partial charge >= 0.3 is 0 Å². The third-order valence-corrected chi connectivity index (χ3v) is 11.2. The molecule has 10 nitrogen and oxygen atoms in total. The van der Waals surface area contributed by atoms with Gasteiger partial charge in [-0.05, 0) is 51.5 Å². The summed E-state index contributed by atoms with van der Waals surface area (Å²) in [6.45, 7) is 3.97. The van der Waals surface area contributed by atoms with Crippen molar-refractivity contribution in [2.24, 2.45) is 11.7 Å². The molecule has 48 heavy (non-hydrogen) atoms. The number of nitrogens with two attached hydrogens (primary N) is 1. The molecule has 1 spiro atoms. The van der Waals surface area contributed by atoms with Crippen molar-refractivity contribution in [1.82, 2.24) is 20.3 Å². The largest absolute Gasteiger partial charge is 0.467 e. The van der Waals surface area contributed by atoms with Crippen LogP contribution in [0, 0.1) is 5.92 Å². The lowest BCUT2D eigenvalue weighted by Gasteiger charge is -2.28. The fourth-order valence-electron chi connectivity index (χ4n) is 7.92. The first-order chi connectivity index (χ1) is 23.1. The minimum atomic E-state index is -1.07. The Morgan fingerprint density at radius 2 is 1.85 bits per heavy atom. The number of H-pyrrole nitrogens is 1. The summed E-state index contributed by atoms with van der Waals surface area (Å²) in [6, 6.07) is 14.8. The van der Waals surface area contributed by atoms with E-state index in [1.54, 1.807) is 0 Å². The highest BCUT2D eigenvalue weighted by atomic mass is 79.9. The maximum atomic E-state index is 13.5. The van der Waals surface area contributed by atoms with Crippen molar-refractivity contribution >= 4 is 61.6 Å². The zero-order valence-electron chi connectivity index (χ0n) is 25.4. The third-order valence-electron chi connectivity index (χ3n) is 10.0. The first-order valence-electron chi connectivity index (χ1n) is 15.6. The van der Waals surface area contributed by atoms with E-state index in [2.05, 4.69) is 55.8 Å². The van der Waals surface area contributed by atoms with Gasteiger partial charge in [0.05, 0.1) is 16.1 Å². The Bertz CT molecular complexity index is 2420. The minimum absolute atomic E-state index is 0.105. The van der Waals surface area contributed by atoms with E-state index in [0.29, 0.717) is 40.1 Å². The molecular weight excluding hydrogens is 719 g/mol. The highest BCUT2D eigenvalue weighted by Gasteiger charge is 2.62. The van der Waals surface area contributed by atoms with Crippen molar-refractivity contribution in [1.29, 1.82) is 0 Å². The summed E-state index contributed by atoms with van der Waals surface area (Å²) in [5.41, 5.74) is 12.5. The molecule has 10 rings (SSSR count). The summed E-state index contributed by atoms with van der Waals surface area (Å²) in [6.07, 6.45) is -0.349. The molecule has 4 aliphatic rings. The number of ether oxygens (including phenoxy) is 1. The van der Waals surface area contributed by atoms with Crippen LogP contribution in [-0.4, -0.2) is 33.1 Å². The second-order valence-electron chi connectivity index (χ2n) is 13.1. The van der Waals surface area contributed by atoms with Crippen molar-refractivity contribution in [2.75, 3.05) is 5.32 Å². The molecule has 0 radical (unpaired) electrons. The smallest absolute Gasteiger partial charge is 0.250 e. The first-order valence-corrected chi connectivity index (χ1v) is 17.1. The van der Waals surface area contributed by atoms with Crippen molar-refractivity contribution < 1.29 is 18.4 Å². The summed E-state index contributed by atoms with van der Waals surface area (Å²) in [5, 5.41) is 8.17. The van der Waals surface area contributed by atoms with E-state index in [-0.39, 0.29) is 28.8 Å². The van der Waals surface area contributed by atoms with Gasteiger partial charge in [0.2, 0.25) is 11.8 Å². The average Bonchev–Trinajstić information content (AvgIpc) is 3.84. The molecule has 3 aromatic heterocycles. The highest BCUT2D eigenvalue weighted by molar-refractivity contribution is 9.10. The summed E-state index contributed by atoms with van der Waals surface area (Å²) in [4.78, 5) is 26.6. The van der Waals surface area contributed by atoms with Crippen LogP contribution in [0.3, 0.4) is 0 Å². The highest BCUT2D eigenvalue weighted by Crippen LogP contribution is 2.63. The zero-order chi connectivity index (χ0) is 32.8. The Morgan fingerprint density at radius 1 is 1.04 bits per heavy atom. The van der Waals surface area contributed by atoms with Gasteiger partial charge in [-0.2, -0.15) is 4.98 Å². The number of hydrogen-bond donors (Lipinski definition) is 4. The van der Waals surface area contributed by atoms with Crippen LogP contribution in [0.1, 0.15) is 48.2 Å². The number of nitrogens with zero attached hydrogens (tertiary/aromatic N) is 2. The molecule has 4 aliphatic heterocycles. The van der Waals surface area contributed by atoms with Crippen molar-refractivity contribution in [3.8, 4) is 39.8 Å². The third kappa shape index (κ3) is 3.54. The average molecular weight is 744 g/mol. The molecule has 5 N–H and O–H groups in total. The summed E-state index contributed by atoms with van der Waals surface area (Å²) in [5.74, 6) is 1.40. The number of aromatic amines is 1. The van der Waals surface area contributed by atoms with Crippen LogP contribution in [0.2, 0.25) is 10.3 Å². The fraction of sp³-hybridized carbons (Fsp3) is 0.229. The first kappa shape index (κ1) is 28.7. The van der Waals surface area contributed by atoms with Crippen LogP contribution in [0.5, 0.6) is 5.75 Å².